The van der Waals surface area contributed by atoms with Crippen molar-refractivity contribution < 1.29 is 17.9 Å². The molecule has 2 rings (SSSR count). The number of hydrogen-bond acceptors (Lipinski definition) is 1. The van der Waals surface area contributed by atoms with E-state index in [1.165, 1.54) is 6.07 Å². The van der Waals surface area contributed by atoms with Gasteiger partial charge in [0, 0.05) is 15.6 Å². The van der Waals surface area contributed by atoms with Crippen molar-refractivity contribution in [3.8, 4) is 5.75 Å². The third kappa shape index (κ3) is 3.43. The van der Waals surface area contributed by atoms with E-state index in [1.54, 1.807) is 18.2 Å². The lowest BCUT2D eigenvalue weighted by molar-refractivity contribution is 0.337. The zero-order chi connectivity index (χ0) is 15.6. The molecule has 6 heteroatoms. The van der Waals surface area contributed by atoms with Gasteiger partial charge in [0.1, 0.15) is 5.75 Å². The minimum Gasteiger partial charge on any atom is -0.494 e. The highest BCUT2D eigenvalue weighted by Crippen LogP contribution is 2.39. The molecule has 0 bridgehead atoms. The fraction of sp³-hybridized carbons (Fsp3) is 0.200. The van der Waals surface area contributed by atoms with E-state index in [4.69, 9.17) is 4.74 Å². The normalized spacial score (nSPS) is 12.3. The Morgan fingerprint density at radius 2 is 1.76 bits per heavy atom. The molecule has 0 spiro atoms. The van der Waals surface area contributed by atoms with Gasteiger partial charge in [-0.3, -0.25) is 0 Å². The maximum absolute atomic E-state index is 13.9. The molecule has 0 saturated heterocycles. The van der Waals surface area contributed by atoms with Gasteiger partial charge in [-0.15, -0.1) is 0 Å². The predicted molar refractivity (Wildman–Crippen MR) is 82.4 cm³/mol. The van der Waals surface area contributed by atoms with E-state index in [2.05, 4.69) is 31.9 Å². The molecular weight excluding hydrogens is 413 g/mol. The smallest absolute Gasteiger partial charge is 0.194 e. The van der Waals surface area contributed by atoms with E-state index >= 15 is 0 Å². The fourth-order valence-corrected chi connectivity index (χ4v) is 3.00. The van der Waals surface area contributed by atoms with E-state index < -0.39 is 22.3 Å². The molecule has 0 aliphatic heterocycles. The highest BCUT2D eigenvalue weighted by molar-refractivity contribution is 9.10. The van der Waals surface area contributed by atoms with Crippen molar-refractivity contribution >= 4 is 31.9 Å². The highest BCUT2D eigenvalue weighted by atomic mass is 79.9. The van der Waals surface area contributed by atoms with Gasteiger partial charge < -0.3 is 4.74 Å². The molecule has 0 aliphatic carbocycles. The number of ether oxygens (including phenoxy) is 1. The van der Waals surface area contributed by atoms with Crippen LogP contribution < -0.4 is 4.74 Å². The molecule has 0 radical (unpaired) electrons. The Kier molecular flexibility index (Phi) is 5.32. The monoisotopic (exact) mass is 422 g/mol. The summed E-state index contributed by atoms with van der Waals surface area (Å²) in [4.78, 5) is -0.661. The number of rotatable bonds is 4. The molecule has 1 atom stereocenters. The first kappa shape index (κ1) is 16.4. The fourth-order valence-electron chi connectivity index (χ4n) is 1.91. The Balaban J connectivity index is 2.51. The molecule has 2 aromatic rings. The quantitative estimate of drug-likeness (QED) is 0.449. The van der Waals surface area contributed by atoms with Crippen molar-refractivity contribution in [3.05, 3.63) is 63.4 Å². The molecular formula is C15H11Br2F3O. The molecule has 0 N–H and O–H groups in total. The minimum absolute atomic E-state index is 0.00736. The largest absolute Gasteiger partial charge is 0.494 e. The van der Waals surface area contributed by atoms with Crippen molar-refractivity contribution in [2.45, 2.75) is 11.8 Å². The van der Waals surface area contributed by atoms with Gasteiger partial charge in [0.2, 0.25) is 0 Å². The van der Waals surface area contributed by atoms with Gasteiger partial charge in [-0.25, -0.2) is 13.2 Å². The number of halogens is 5. The van der Waals surface area contributed by atoms with Crippen LogP contribution in [0.5, 0.6) is 5.75 Å². The third-order valence-corrected chi connectivity index (χ3v) is 4.36. The van der Waals surface area contributed by atoms with E-state index in [1.807, 2.05) is 6.92 Å². The lowest BCUT2D eigenvalue weighted by Crippen LogP contribution is -2.04. The second-order valence-electron chi connectivity index (χ2n) is 4.24. The lowest BCUT2D eigenvalue weighted by atomic mass is 10.0. The van der Waals surface area contributed by atoms with Gasteiger partial charge in [0.05, 0.1) is 11.4 Å². The number of alkyl halides is 1. The molecule has 1 unspecified atom stereocenters. The molecule has 0 saturated carbocycles. The van der Waals surface area contributed by atoms with Crippen LogP contribution in [0.4, 0.5) is 13.2 Å². The van der Waals surface area contributed by atoms with Crippen LogP contribution in [0.2, 0.25) is 0 Å². The molecule has 0 amide bonds. The average Bonchev–Trinajstić information content (AvgIpc) is 2.46. The summed E-state index contributed by atoms with van der Waals surface area (Å²) in [5, 5.41) is 0. The summed E-state index contributed by atoms with van der Waals surface area (Å²) in [7, 11) is 0. The predicted octanol–water partition coefficient (Wildman–Crippen LogP) is 5.75. The van der Waals surface area contributed by atoms with Crippen LogP contribution in [-0.2, 0) is 0 Å². The van der Waals surface area contributed by atoms with Gasteiger partial charge in [0.25, 0.3) is 0 Å². The topological polar surface area (TPSA) is 9.23 Å². The van der Waals surface area contributed by atoms with E-state index in [0.29, 0.717) is 17.9 Å². The first-order valence-electron chi connectivity index (χ1n) is 6.15. The van der Waals surface area contributed by atoms with Gasteiger partial charge in [-0.05, 0) is 31.2 Å². The third-order valence-electron chi connectivity index (χ3n) is 2.88. The molecule has 112 valence electrons. The summed E-state index contributed by atoms with van der Waals surface area (Å²) >= 11 is 6.66. The zero-order valence-corrected chi connectivity index (χ0v) is 14.1. The summed E-state index contributed by atoms with van der Waals surface area (Å²) in [6, 6.07) is 7.38. The standard InChI is InChI=1S/C15H11Br2F3O/c1-2-21-12-6-3-8(16)7-10(12)13(17)9-4-5-11(18)15(20)14(9)19/h3-7,13H,2H2,1H3. The highest BCUT2D eigenvalue weighted by Gasteiger charge is 2.23. The van der Waals surface area contributed by atoms with Crippen molar-refractivity contribution in [3.63, 3.8) is 0 Å². The second-order valence-corrected chi connectivity index (χ2v) is 6.07. The van der Waals surface area contributed by atoms with Crippen molar-refractivity contribution in [2.24, 2.45) is 0 Å². The van der Waals surface area contributed by atoms with Gasteiger partial charge >= 0.3 is 0 Å². The molecule has 21 heavy (non-hydrogen) atoms. The van der Waals surface area contributed by atoms with E-state index in [0.717, 1.165) is 10.5 Å². The maximum atomic E-state index is 13.9. The van der Waals surface area contributed by atoms with E-state index in [9.17, 15) is 13.2 Å². The minimum atomic E-state index is -1.48. The molecule has 0 aromatic heterocycles. The van der Waals surface area contributed by atoms with E-state index in [-0.39, 0.29) is 5.56 Å². The summed E-state index contributed by atoms with van der Waals surface area (Å²) in [5.41, 5.74) is 0.629. The summed E-state index contributed by atoms with van der Waals surface area (Å²) in [6.07, 6.45) is 0. The first-order valence-corrected chi connectivity index (χ1v) is 7.86. The zero-order valence-electron chi connectivity index (χ0n) is 11.0. The van der Waals surface area contributed by atoms with Gasteiger partial charge in [-0.1, -0.05) is 37.9 Å². The Bertz CT molecular complexity index is 662. The van der Waals surface area contributed by atoms with Crippen molar-refractivity contribution in [2.75, 3.05) is 6.61 Å². The lowest BCUT2D eigenvalue weighted by Gasteiger charge is -2.17. The van der Waals surface area contributed by atoms with Crippen LogP contribution in [0.1, 0.15) is 22.9 Å². The molecule has 2 aromatic carbocycles. The summed E-state index contributed by atoms with van der Waals surface area (Å²) < 4.78 is 46.6. The number of hydrogen-bond donors (Lipinski definition) is 0. The van der Waals surface area contributed by atoms with Crippen molar-refractivity contribution in [1.82, 2.24) is 0 Å². The SMILES string of the molecule is CCOc1ccc(Br)cc1C(Br)c1ccc(F)c(F)c1F. The average molecular weight is 424 g/mol. The molecule has 1 nitrogen and oxygen atoms in total. The van der Waals surface area contributed by atoms with Crippen LogP contribution >= 0.6 is 31.9 Å². The summed E-state index contributed by atoms with van der Waals surface area (Å²) in [6.45, 7) is 2.27. The van der Waals surface area contributed by atoms with Crippen LogP contribution in [0.25, 0.3) is 0 Å². The molecule has 0 aliphatic rings. The van der Waals surface area contributed by atoms with Gasteiger partial charge in [0.15, 0.2) is 17.5 Å². The molecule has 0 fully saturated rings. The van der Waals surface area contributed by atoms with Crippen LogP contribution in [-0.4, -0.2) is 6.61 Å². The van der Waals surface area contributed by atoms with Crippen molar-refractivity contribution in [1.29, 1.82) is 0 Å². The first-order chi connectivity index (χ1) is 9.95. The Morgan fingerprint density at radius 1 is 1.05 bits per heavy atom. The molecule has 0 heterocycles. The van der Waals surface area contributed by atoms with Crippen LogP contribution in [0.15, 0.2) is 34.8 Å². The van der Waals surface area contributed by atoms with Gasteiger partial charge in [-0.2, -0.15) is 0 Å². The maximum Gasteiger partial charge on any atom is 0.194 e. The Hall–Kier alpha value is -1.01. The van der Waals surface area contributed by atoms with Crippen LogP contribution in [0, 0.1) is 17.5 Å². The number of benzene rings is 2. The summed E-state index contributed by atoms with van der Waals surface area (Å²) in [5.74, 6) is -3.36. The second kappa shape index (κ2) is 6.83. The van der Waals surface area contributed by atoms with Crippen LogP contribution in [0.3, 0.4) is 0 Å². The Labute approximate surface area is 137 Å². The Morgan fingerprint density at radius 3 is 2.43 bits per heavy atom.